The first-order valence-electron chi connectivity index (χ1n) is 2.76. The molecule has 0 saturated carbocycles. The summed E-state index contributed by atoms with van der Waals surface area (Å²) in [7, 11) is 0. The minimum absolute atomic E-state index is 3.02. The third-order valence-corrected chi connectivity index (χ3v) is 0.910. The van der Waals surface area contributed by atoms with Crippen LogP contribution in [0.4, 0.5) is 35.1 Å². The van der Waals surface area contributed by atoms with Crippen molar-refractivity contribution in [3.8, 4) is 0 Å². The highest BCUT2D eigenvalue weighted by Gasteiger charge is 2.23. The number of rotatable bonds is 2. The molecule has 0 nitrogen and oxygen atoms in total. The molecule has 0 rings (SSSR count). The van der Waals surface area contributed by atoms with E-state index in [0.29, 0.717) is 0 Å². The molecule has 0 aliphatic carbocycles. The van der Waals surface area contributed by atoms with E-state index in [-0.39, 0.29) is 0 Å². The molecule has 0 N–H and O–H groups in total. The summed E-state index contributed by atoms with van der Waals surface area (Å²) in [6, 6.07) is 0. The van der Waals surface area contributed by atoms with E-state index in [9.17, 15) is 35.1 Å². The Labute approximate surface area is 71.8 Å². The second-order valence-electron chi connectivity index (χ2n) is 1.78. The van der Waals surface area contributed by atoms with Gasteiger partial charge in [0.25, 0.3) is 0 Å². The first-order valence-corrected chi connectivity index (χ1v) is 2.76. The zero-order chi connectivity index (χ0) is 11.5. The van der Waals surface area contributed by atoms with Crippen LogP contribution in [0.2, 0.25) is 0 Å². The van der Waals surface area contributed by atoms with Crippen molar-refractivity contribution in [2.75, 3.05) is 0 Å². The van der Waals surface area contributed by atoms with Crippen LogP contribution in [0.1, 0.15) is 0 Å². The lowest BCUT2D eigenvalue weighted by Crippen LogP contribution is -1.86. The second kappa shape index (κ2) is 4.77. The predicted molar refractivity (Wildman–Crippen MR) is 29.9 cm³/mol. The zero-order valence-corrected chi connectivity index (χ0v) is 6.02. The summed E-state index contributed by atoms with van der Waals surface area (Å²) < 4.78 is 92.7. The summed E-state index contributed by atoms with van der Waals surface area (Å²) in [6.45, 7) is 0. The zero-order valence-electron chi connectivity index (χ0n) is 6.02. The fourth-order valence-electron chi connectivity index (χ4n) is 0.359. The highest BCUT2D eigenvalue weighted by molar-refractivity contribution is 5.31. The third kappa shape index (κ3) is 2.86. The highest BCUT2D eigenvalue weighted by atomic mass is 19.3. The summed E-state index contributed by atoms with van der Waals surface area (Å²) in [5.74, 6) is -12.1. The Morgan fingerprint density at radius 2 is 0.571 bits per heavy atom. The normalized spacial score (nSPS) is 12.0. The molecule has 0 amide bonds. The van der Waals surface area contributed by atoms with Crippen LogP contribution < -0.4 is 0 Å². The van der Waals surface area contributed by atoms with Crippen molar-refractivity contribution in [3.05, 3.63) is 35.5 Å². The Morgan fingerprint density at radius 1 is 0.357 bits per heavy atom. The van der Waals surface area contributed by atoms with Gasteiger partial charge in [0, 0.05) is 0 Å². The summed E-state index contributed by atoms with van der Waals surface area (Å²) in [5.41, 5.74) is 0. The van der Waals surface area contributed by atoms with E-state index in [1.54, 1.807) is 0 Å². The molecule has 0 aromatic carbocycles. The van der Waals surface area contributed by atoms with Crippen molar-refractivity contribution in [2.24, 2.45) is 0 Å². The molecule has 8 heteroatoms. The van der Waals surface area contributed by atoms with Gasteiger partial charge >= 0.3 is 12.2 Å². The lowest BCUT2D eigenvalue weighted by molar-refractivity contribution is 0.351. The topological polar surface area (TPSA) is 0 Å². The van der Waals surface area contributed by atoms with Crippen LogP contribution in [0.25, 0.3) is 0 Å². The number of hydrogen-bond donors (Lipinski definition) is 0. The lowest BCUT2D eigenvalue weighted by atomic mass is 10.4. The Morgan fingerprint density at radius 3 is 0.714 bits per heavy atom. The van der Waals surface area contributed by atoms with Gasteiger partial charge in [-0.1, -0.05) is 0 Å². The van der Waals surface area contributed by atoms with E-state index in [1.165, 1.54) is 0 Å². The fraction of sp³-hybridized carbons (Fsp3) is 0. The maximum absolute atomic E-state index is 12.0. The van der Waals surface area contributed by atoms with Crippen molar-refractivity contribution in [3.63, 3.8) is 0 Å². The smallest absolute Gasteiger partial charge is 0.200 e. The van der Waals surface area contributed by atoms with Crippen molar-refractivity contribution < 1.29 is 35.1 Å². The molecule has 0 fully saturated rings. The molecule has 0 aromatic heterocycles. The summed E-state index contributed by atoms with van der Waals surface area (Å²) >= 11 is 0. The first kappa shape index (κ1) is 12.7. The summed E-state index contributed by atoms with van der Waals surface area (Å²) in [6.07, 6.45) is -6.57. The van der Waals surface area contributed by atoms with Gasteiger partial charge in [0.2, 0.25) is 23.3 Å². The third-order valence-electron chi connectivity index (χ3n) is 0.910. The Bertz CT molecular complexity index is 283. The molecule has 0 radical (unpaired) electrons. The van der Waals surface area contributed by atoms with Gasteiger partial charge in [-0.25, -0.2) is 8.78 Å². The number of halogens is 8. The average Bonchev–Trinajstić information content (AvgIpc) is 2.12. The van der Waals surface area contributed by atoms with Crippen LogP contribution >= 0.6 is 0 Å². The monoisotopic (exact) mass is 224 g/mol. The molecule has 0 unspecified atom stereocenters. The van der Waals surface area contributed by atoms with Gasteiger partial charge in [-0.05, 0) is 0 Å². The van der Waals surface area contributed by atoms with Gasteiger partial charge in [0.1, 0.15) is 0 Å². The van der Waals surface area contributed by atoms with E-state index in [2.05, 4.69) is 0 Å². The minimum Gasteiger partial charge on any atom is -0.200 e. The van der Waals surface area contributed by atoms with Crippen molar-refractivity contribution in [2.45, 2.75) is 0 Å². The van der Waals surface area contributed by atoms with E-state index in [1.807, 2.05) is 0 Å². The van der Waals surface area contributed by atoms with Crippen LogP contribution in [0.5, 0.6) is 0 Å². The minimum atomic E-state index is -3.29. The van der Waals surface area contributed by atoms with Gasteiger partial charge in [-0.15, -0.1) is 0 Å². The van der Waals surface area contributed by atoms with E-state index < -0.39 is 35.5 Å². The predicted octanol–water partition coefficient (Wildman–Crippen LogP) is 4.29. The standard InChI is InChI=1S/C6F8/c7-1(3(9)5(11)12)2(8)4(10)6(13)14. The van der Waals surface area contributed by atoms with Gasteiger partial charge in [0.05, 0.1) is 0 Å². The van der Waals surface area contributed by atoms with Crippen LogP contribution in [0.15, 0.2) is 35.5 Å². The molecule has 14 heavy (non-hydrogen) atoms. The summed E-state index contributed by atoms with van der Waals surface area (Å²) in [4.78, 5) is 0. The van der Waals surface area contributed by atoms with Gasteiger partial charge < -0.3 is 0 Å². The Hall–Kier alpha value is -1.34. The molecule has 0 aromatic rings. The molecule has 0 aliphatic rings. The van der Waals surface area contributed by atoms with E-state index >= 15 is 0 Å². The quantitative estimate of drug-likeness (QED) is 0.484. The van der Waals surface area contributed by atoms with Gasteiger partial charge in [-0.2, -0.15) is 26.3 Å². The fourth-order valence-corrected chi connectivity index (χ4v) is 0.359. The maximum atomic E-state index is 12.0. The molecule has 0 atom stereocenters. The largest absolute Gasteiger partial charge is 0.308 e. The highest BCUT2D eigenvalue weighted by Crippen LogP contribution is 2.30. The molecule has 0 bridgehead atoms. The van der Waals surface area contributed by atoms with E-state index in [0.717, 1.165) is 0 Å². The van der Waals surface area contributed by atoms with Gasteiger partial charge in [-0.3, -0.25) is 0 Å². The molecular formula is C6F8. The Kier molecular flexibility index (Phi) is 4.32. The molecule has 80 valence electrons. The molecular weight excluding hydrogens is 224 g/mol. The summed E-state index contributed by atoms with van der Waals surface area (Å²) in [5, 5.41) is 0. The average molecular weight is 224 g/mol. The van der Waals surface area contributed by atoms with Gasteiger partial charge in [0.15, 0.2) is 0 Å². The van der Waals surface area contributed by atoms with Crippen molar-refractivity contribution in [1.29, 1.82) is 0 Å². The molecule has 0 heterocycles. The van der Waals surface area contributed by atoms with Crippen LogP contribution in [-0.2, 0) is 0 Å². The molecule has 0 spiro atoms. The van der Waals surface area contributed by atoms with Crippen LogP contribution in [0, 0.1) is 0 Å². The SMILES string of the molecule is FC(F)=C(F)C(F)=C(F)C(F)=C(F)F. The van der Waals surface area contributed by atoms with Crippen LogP contribution in [0.3, 0.4) is 0 Å². The van der Waals surface area contributed by atoms with Crippen molar-refractivity contribution in [1.82, 2.24) is 0 Å². The maximum Gasteiger partial charge on any atom is 0.308 e. The first-order chi connectivity index (χ1) is 6.29. The lowest BCUT2D eigenvalue weighted by Gasteiger charge is -1.94. The van der Waals surface area contributed by atoms with E-state index in [4.69, 9.17) is 0 Å². The Balaban J connectivity index is 5.37. The molecule has 0 saturated heterocycles. The van der Waals surface area contributed by atoms with Crippen LogP contribution in [-0.4, -0.2) is 0 Å². The number of hydrogen-bond acceptors (Lipinski definition) is 0. The second-order valence-corrected chi connectivity index (χ2v) is 1.78. The molecule has 0 aliphatic heterocycles. The number of allylic oxidation sites excluding steroid dienone is 4. The van der Waals surface area contributed by atoms with Crippen molar-refractivity contribution >= 4 is 0 Å².